The summed E-state index contributed by atoms with van der Waals surface area (Å²) in [5.41, 5.74) is 0. The summed E-state index contributed by atoms with van der Waals surface area (Å²) in [5, 5.41) is 3.28. The van der Waals surface area contributed by atoms with Crippen molar-refractivity contribution >= 4 is 18.3 Å². The summed E-state index contributed by atoms with van der Waals surface area (Å²) in [6.45, 7) is 2.60. The van der Waals surface area contributed by atoms with E-state index in [4.69, 9.17) is 4.74 Å². The number of halogens is 1. The Labute approximate surface area is 132 Å². The number of carbonyl (C=O) groups is 1. The van der Waals surface area contributed by atoms with Gasteiger partial charge in [0.1, 0.15) is 11.9 Å². The van der Waals surface area contributed by atoms with E-state index in [1.807, 2.05) is 35.2 Å². The molecule has 1 amide bonds. The van der Waals surface area contributed by atoms with Crippen LogP contribution in [-0.2, 0) is 4.79 Å². The van der Waals surface area contributed by atoms with Crippen molar-refractivity contribution in [3.63, 3.8) is 0 Å². The van der Waals surface area contributed by atoms with Gasteiger partial charge in [0.15, 0.2) is 0 Å². The summed E-state index contributed by atoms with van der Waals surface area (Å²) >= 11 is 0. The number of para-hydroxylation sites is 1. The number of ether oxygens (including phenoxy) is 1. The smallest absolute Gasteiger partial charge is 0.239 e. The molecule has 3 rings (SSSR count). The van der Waals surface area contributed by atoms with Crippen molar-refractivity contribution in [3.05, 3.63) is 30.3 Å². The van der Waals surface area contributed by atoms with Crippen LogP contribution in [0.25, 0.3) is 0 Å². The molecule has 1 atom stereocenters. The average Bonchev–Trinajstić information content (AvgIpc) is 3.03. The number of amides is 1. The predicted octanol–water partition coefficient (Wildman–Crippen LogP) is 2.23. The van der Waals surface area contributed by atoms with E-state index in [0.717, 1.165) is 51.1 Å². The number of hydrogen-bond acceptors (Lipinski definition) is 3. The Morgan fingerprint density at radius 3 is 2.48 bits per heavy atom. The number of hydrogen-bond donors (Lipinski definition) is 1. The van der Waals surface area contributed by atoms with Crippen LogP contribution in [0.15, 0.2) is 30.3 Å². The van der Waals surface area contributed by atoms with Gasteiger partial charge >= 0.3 is 0 Å². The van der Waals surface area contributed by atoms with E-state index in [9.17, 15) is 4.79 Å². The van der Waals surface area contributed by atoms with Crippen molar-refractivity contribution in [1.82, 2.24) is 10.2 Å². The van der Waals surface area contributed by atoms with Crippen LogP contribution in [0.5, 0.6) is 5.75 Å². The standard InChI is InChI=1S/C16H22N2O2.ClH/c19-16(15-7-4-10-17-15)18-11-8-14(9-12-18)20-13-5-2-1-3-6-13;/h1-3,5-6,14-15,17H,4,7-12H2;1H. The third-order valence-electron chi connectivity index (χ3n) is 4.16. The lowest BCUT2D eigenvalue weighted by Crippen LogP contribution is -2.48. The minimum absolute atomic E-state index is 0. The zero-order valence-corrected chi connectivity index (χ0v) is 13.0. The van der Waals surface area contributed by atoms with Gasteiger partial charge in [-0.25, -0.2) is 0 Å². The second-order valence-corrected chi connectivity index (χ2v) is 5.60. The summed E-state index contributed by atoms with van der Waals surface area (Å²) in [6.07, 6.45) is 4.18. The molecule has 0 bridgehead atoms. The normalized spacial score (nSPS) is 22.7. The van der Waals surface area contributed by atoms with Gasteiger partial charge in [-0.1, -0.05) is 18.2 Å². The largest absolute Gasteiger partial charge is 0.490 e. The Bertz CT molecular complexity index is 441. The Kier molecular flexibility index (Phi) is 5.88. The van der Waals surface area contributed by atoms with Crippen molar-refractivity contribution in [2.45, 2.75) is 37.8 Å². The molecule has 4 nitrogen and oxygen atoms in total. The topological polar surface area (TPSA) is 41.6 Å². The molecule has 1 aromatic rings. The third kappa shape index (κ3) is 4.11. The molecule has 1 unspecified atom stereocenters. The maximum Gasteiger partial charge on any atom is 0.239 e. The molecule has 0 aliphatic carbocycles. The minimum Gasteiger partial charge on any atom is -0.490 e. The van der Waals surface area contributed by atoms with Crippen molar-refractivity contribution in [2.24, 2.45) is 0 Å². The third-order valence-corrected chi connectivity index (χ3v) is 4.16. The van der Waals surface area contributed by atoms with E-state index in [1.165, 1.54) is 0 Å². The Hall–Kier alpha value is -1.26. The van der Waals surface area contributed by atoms with Gasteiger partial charge in [-0.3, -0.25) is 4.79 Å². The van der Waals surface area contributed by atoms with Crippen LogP contribution in [0.1, 0.15) is 25.7 Å². The van der Waals surface area contributed by atoms with Crippen molar-refractivity contribution in [2.75, 3.05) is 19.6 Å². The Morgan fingerprint density at radius 2 is 1.86 bits per heavy atom. The quantitative estimate of drug-likeness (QED) is 0.931. The highest BCUT2D eigenvalue weighted by molar-refractivity contribution is 5.85. The predicted molar refractivity (Wildman–Crippen MR) is 84.9 cm³/mol. The maximum atomic E-state index is 12.3. The zero-order chi connectivity index (χ0) is 13.8. The van der Waals surface area contributed by atoms with Crippen molar-refractivity contribution in [1.29, 1.82) is 0 Å². The lowest BCUT2D eigenvalue weighted by atomic mass is 10.1. The van der Waals surface area contributed by atoms with Gasteiger partial charge < -0.3 is 15.0 Å². The first-order valence-electron chi connectivity index (χ1n) is 7.57. The molecule has 2 aliphatic heterocycles. The van der Waals surface area contributed by atoms with E-state index in [2.05, 4.69) is 5.32 Å². The fraction of sp³-hybridized carbons (Fsp3) is 0.562. The van der Waals surface area contributed by atoms with Gasteiger partial charge in [0.2, 0.25) is 5.91 Å². The van der Waals surface area contributed by atoms with E-state index in [0.29, 0.717) is 0 Å². The molecule has 2 aliphatic rings. The highest BCUT2D eigenvalue weighted by atomic mass is 35.5. The van der Waals surface area contributed by atoms with Gasteiger partial charge in [-0.15, -0.1) is 12.4 Å². The summed E-state index contributed by atoms with van der Waals surface area (Å²) in [4.78, 5) is 14.3. The molecule has 5 heteroatoms. The fourth-order valence-electron chi connectivity index (χ4n) is 3.00. The van der Waals surface area contributed by atoms with Crippen LogP contribution in [0.4, 0.5) is 0 Å². The van der Waals surface area contributed by atoms with E-state index < -0.39 is 0 Å². The van der Waals surface area contributed by atoms with Gasteiger partial charge in [-0.2, -0.15) is 0 Å². The number of likely N-dealkylation sites (tertiary alicyclic amines) is 1. The van der Waals surface area contributed by atoms with Crippen LogP contribution in [-0.4, -0.2) is 42.6 Å². The summed E-state index contributed by atoms with van der Waals surface area (Å²) in [6, 6.07) is 9.99. The fourth-order valence-corrected chi connectivity index (χ4v) is 3.00. The lowest BCUT2D eigenvalue weighted by molar-refractivity contribution is -0.134. The second-order valence-electron chi connectivity index (χ2n) is 5.60. The maximum absolute atomic E-state index is 12.3. The summed E-state index contributed by atoms with van der Waals surface area (Å²) in [5.74, 6) is 1.20. The number of carbonyl (C=O) groups excluding carboxylic acids is 1. The summed E-state index contributed by atoms with van der Waals surface area (Å²) < 4.78 is 5.96. The number of rotatable bonds is 3. The minimum atomic E-state index is 0. The van der Waals surface area contributed by atoms with E-state index in [-0.39, 0.29) is 30.5 Å². The van der Waals surface area contributed by atoms with E-state index in [1.54, 1.807) is 0 Å². The summed E-state index contributed by atoms with van der Waals surface area (Å²) in [7, 11) is 0. The molecule has 2 saturated heterocycles. The molecule has 0 spiro atoms. The Morgan fingerprint density at radius 1 is 1.14 bits per heavy atom. The van der Waals surface area contributed by atoms with Crippen LogP contribution in [0, 0.1) is 0 Å². The molecule has 1 aromatic carbocycles. The van der Waals surface area contributed by atoms with Gasteiger partial charge in [0.25, 0.3) is 0 Å². The Balaban J connectivity index is 0.00000161. The van der Waals surface area contributed by atoms with Crippen LogP contribution in [0.3, 0.4) is 0 Å². The zero-order valence-electron chi connectivity index (χ0n) is 12.2. The highest BCUT2D eigenvalue weighted by Gasteiger charge is 2.30. The molecule has 116 valence electrons. The number of piperidine rings is 1. The molecule has 0 aromatic heterocycles. The second kappa shape index (κ2) is 7.66. The van der Waals surface area contributed by atoms with Crippen molar-refractivity contribution in [3.8, 4) is 5.75 Å². The molecular formula is C16H23ClN2O2. The first-order chi connectivity index (χ1) is 9.83. The van der Waals surface area contributed by atoms with Gasteiger partial charge in [-0.05, 0) is 31.5 Å². The molecule has 0 radical (unpaired) electrons. The molecule has 21 heavy (non-hydrogen) atoms. The molecule has 1 N–H and O–H groups in total. The highest BCUT2D eigenvalue weighted by Crippen LogP contribution is 2.20. The average molecular weight is 311 g/mol. The number of benzene rings is 1. The van der Waals surface area contributed by atoms with Crippen LogP contribution >= 0.6 is 12.4 Å². The van der Waals surface area contributed by atoms with Crippen LogP contribution < -0.4 is 10.1 Å². The number of nitrogens with one attached hydrogen (secondary N) is 1. The van der Waals surface area contributed by atoms with E-state index >= 15 is 0 Å². The SMILES string of the molecule is Cl.O=C(C1CCCN1)N1CCC(Oc2ccccc2)CC1. The number of nitrogens with zero attached hydrogens (tertiary/aromatic N) is 1. The van der Waals surface area contributed by atoms with Crippen molar-refractivity contribution < 1.29 is 9.53 Å². The van der Waals surface area contributed by atoms with Crippen LogP contribution in [0.2, 0.25) is 0 Å². The molecule has 2 fully saturated rings. The molecule has 0 saturated carbocycles. The van der Waals surface area contributed by atoms with Gasteiger partial charge in [0, 0.05) is 25.9 Å². The lowest BCUT2D eigenvalue weighted by Gasteiger charge is -2.33. The molecular weight excluding hydrogens is 288 g/mol. The van der Waals surface area contributed by atoms with Gasteiger partial charge in [0.05, 0.1) is 6.04 Å². The first kappa shape index (κ1) is 16.1. The first-order valence-corrected chi connectivity index (χ1v) is 7.57. The monoisotopic (exact) mass is 310 g/mol. The molecule has 2 heterocycles.